The molecule has 1 aromatic heterocycles. The first-order valence-electron chi connectivity index (χ1n) is 9.77. The Morgan fingerprint density at radius 1 is 1.23 bits per heavy atom. The highest BCUT2D eigenvalue weighted by atomic mass is 16.5. The van der Waals surface area contributed by atoms with Gasteiger partial charge in [0.25, 0.3) is 11.8 Å². The minimum absolute atomic E-state index is 0.0627. The number of piperidine rings is 1. The second-order valence-corrected chi connectivity index (χ2v) is 6.95. The number of methoxy groups -OCH3 is 3. The highest BCUT2D eigenvalue weighted by Crippen LogP contribution is 2.28. The zero-order valence-corrected chi connectivity index (χ0v) is 17.5. The van der Waals surface area contributed by atoms with E-state index in [1.807, 2.05) is 0 Å². The number of likely N-dealkylation sites (tertiary alicyclic amines) is 1. The molecule has 1 N–H and O–H groups in total. The van der Waals surface area contributed by atoms with Gasteiger partial charge in [-0.2, -0.15) is 0 Å². The molecule has 2 amide bonds. The number of aromatic nitrogens is 3. The summed E-state index contributed by atoms with van der Waals surface area (Å²) < 4.78 is 17.2. The molecule has 0 spiro atoms. The molecule has 0 aliphatic carbocycles. The quantitative estimate of drug-likeness (QED) is 0.642. The van der Waals surface area contributed by atoms with Crippen LogP contribution in [0.25, 0.3) is 0 Å². The summed E-state index contributed by atoms with van der Waals surface area (Å²) in [6.45, 7) is 1.92. The fourth-order valence-electron chi connectivity index (χ4n) is 3.42. The molecule has 1 unspecified atom stereocenters. The molecule has 10 heteroatoms. The second-order valence-electron chi connectivity index (χ2n) is 6.95. The highest BCUT2D eigenvalue weighted by molar-refractivity contribution is 5.97. The predicted molar refractivity (Wildman–Crippen MR) is 108 cm³/mol. The SMILES string of the molecule is COCCNC(=O)c1cn(C2CCCN(C(=O)c3cc(OC)ccc3OC)C2)nn1. The number of hydrogen-bond donors (Lipinski definition) is 1. The standard InChI is InChI=1S/C20H27N5O5/c1-28-10-8-21-19(26)17-13-25(23-22-17)14-5-4-9-24(12-14)20(27)16-11-15(29-2)6-7-18(16)30-3/h6-7,11,13-14H,4-5,8-10,12H2,1-3H3,(H,21,26). The van der Waals surface area contributed by atoms with E-state index >= 15 is 0 Å². The summed E-state index contributed by atoms with van der Waals surface area (Å²) in [4.78, 5) is 27.1. The van der Waals surface area contributed by atoms with Crippen molar-refractivity contribution in [1.82, 2.24) is 25.2 Å². The summed E-state index contributed by atoms with van der Waals surface area (Å²) in [6.07, 6.45) is 3.28. The van der Waals surface area contributed by atoms with Gasteiger partial charge in [0.1, 0.15) is 11.5 Å². The van der Waals surface area contributed by atoms with Gasteiger partial charge in [0.2, 0.25) is 0 Å². The molecule has 10 nitrogen and oxygen atoms in total. The monoisotopic (exact) mass is 417 g/mol. The maximum atomic E-state index is 13.2. The van der Waals surface area contributed by atoms with Crippen LogP contribution in [0.5, 0.6) is 11.5 Å². The Labute approximate surface area is 175 Å². The van der Waals surface area contributed by atoms with Crippen LogP contribution >= 0.6 is 0 Å². The number of hydrogen-bond acceptors (Lipinski definition) is 7. The zero-order valence-electron chi connectivity index (χ0n) is 17.5. The third-order valence-corrected chi connectivity index (χ3v) is 5.03. The Morgan fingerprint density at radius 3 is 2.80 bits per heavy atom. The van der Waals surface area contributed by atoms with Crippen LogP contribution in [0.2, 0.25) is 0 Å². The Hall–Kier alpha value is -3.14. The summed E-state index contributed by atoms with van der Waals surface area (Å²) in [7, 11) is 4.66. The van der Waals surface area contributed by atoms with Gasteiger partial charge in [-0.25, -0.2) is 4.68 Å². The lowest BCUT2D eigenvalue weighted by Crippen LogP contribution is -2.41. The molecular weight excluding hydrogens is 390 g/mol. The van der Waals surface area contributed by atoms with Crippen molar-refractivity contribution in [3.05, 3.63) is 35.7 Å². The summed E-state index contributed by atoms with van der Waals surface area (Å²) in [5.74, 6) is 0.656. The Bertz CT molecular complexity index is 884. The van der Waals surface area contributed by atoms with E-state index < -0.39 is 0 Å². The van der Waals surface area contributed by atoms with Crippen molar-refractivity contribution in [3.63, 3.8) is 0 Å². The minimum atomic E-state index is -0.303. The summed E-state index contributed by atoms with van der Waals surface area (Å²) >= 11 is 0. The van der Waals surface area contributed by atoms with Crippen LogP contribution in [0, 0.1) is 0 Å². The van der Waals surface area contributed by atoms with E-state index in [1.165, 1.54) is 7.11 Å². The fraction of sp³-hybridized carbons (Fsp3) is 0.500. The average molecular weight is 417 g/mol. The number of ether oxygens (including phenoxy) is 3. The van der Waals surface area contributed by atoms with Crippen LogP contribution in [0.1, 0.15) is 39.7 Å². The molecule has 0 bridgehead atoms. The Balaban J connectivity index is 1.70. The first-order chi connectivity index (χ1) is 14.6. The van der Waals surface area contributed by atoms with E-state index in [0.717, 1.165) is 12.8 Å². The van der Waals surface area contributed by atoms with Gasteiger partial charge in [0.15, 0.2) is 5.69 Å². The molecule has 162 valence electrons. The lowest BCUT2D eigenvalue weighted by atomic mass is 10.0. The van der Waals surface area contributed by atoms with Gasteiger partial charge >= 0.3 is 0 Å². The summed E-state index contributed by atoms with van der Waals surface area (Å²) in [6, 6.07) is 5.10. The van der Waals surface area contributed by atoms with Gasteiger partial charge in [-0.05, 0) is 31.0 Å². The van der Waals surface area contributed by atoms with E-state index in [1.54, 1.807) is 48.2 Å². The molecule has 1 fully saturated rings. The van der Waals surface area contributed by atoms with Gasteiger partial charge in [0.05, 0.1) is 38.6 Å². The number of benzene rings is 1. The fourth-order valence-corrected chi connectivity index (χ4v) is 3.42. The van der Waals surface area contributed by atoms with E-state index in [9.17, 15) is 9.59 Å². The van der Waals surface area contributed by atoms with Gasteiger partial charge < -0.3 is 24.4 Å². The molecule has 1 atom stereocenters. The van der Waals surface area contributed by atoms with Crippen molar-refractivity contribution < 1.29 is 23.8 Å². The van der Waals surface area contributed by atoms with Crippen molar-refractivity contribution in [2.45, 2.75) is 18.9 Å². The third kappa shape index (κ3) is 4.88. The van der Waals surface area contributed by atoms with Crippen LogP contribution < -0.4 is 14.8 Å². The number of rotatable bonds is 8. The lowest BCUT2D eigenvalue weighted by molar-refractivity contribution is 0.0667. The van der Waals surface area contributed by atoms with E-state index in [2.05, 4.69) is 15.6 Å². The van der Waals surface area contributed by atoms with Gasteiger partial charge in [0, 0.05) is 26.7 Å². The largest absolute Gasteiger partial charge is 0.497 e. The number of nitrogens with zero attached hydrogens (tertiary/aromatic N) is 4. The highest BCUT2D eigenvalue weighted by Gasteiger charge is 2.28. The molecule has 1 saturated heterocycles. The van der Waals surface area contributed by atoms with E-state index in [-0.39, 0.29) is 23.6 Å². The van der Waals surface area contributed by atoms with Crippen LogP contribution in [-0.4, -0.2) is 79.3 Å². The number of amides is 2. The van der Waals surface area contributed by atoms with Crippen molar-refractivity contribution in [3.8, 4) is 11.5 Å². The molecule has 1 aliphatic rings. The van der Waals surface area contributed by atoms with Crippen molar-refractivity contribution in [2.75, 3.05) is 47.6 Å². The maximum absolute atomic E-state index is 13.2. The minimum Gasteiger partial charge on any atom is -0.497 e. The Kier molecular flexibility index (Phi) is 7.23. The zero-order chi connectivity index (χ0) is 21.5. The first kappa shape index (κ1) is 21.6. The molecule has 1 aliphatic heterocycles. The summed E-state index contributed by atoms with van der Waals surface area (Å²) in [5, 5.41) is 10.8. The molecule has 3 rings (SSSR count). The maximum Gasteiger partial charge on any atom is 0.273 e. The van der Waals surface area contributed by atoms with Crippen molar-refractivity contribution in [1.29, 1.82) is 0 Å². The van der Waals surface area contributed by atoms with Gasteiger partial charge in [-0.3, -0.25) is 9.59 Å². The molecule has 2 aromatic rings. The number of carbonyl (C=O) groups is 2. The average Bonchev–Trinajstić information content (AvgIpc) is 3.29. The van der Waals surface area contributed by atoms with Gasteiger partial charge in [-0.15, -0.1) is 5.10 Å². The second kappa shape index (κ2) is 10.1. The third-order valence-electron chi connectivity index (χ3n) is 5.03. The molecule has 0 saturated carbocycles. The lowest BCUT2D eigenvalue weighted by Gasteiger charge is -2.33. The van der Waals surface area contributed by atoms with Crippen LogP contribution in [0.15, 0.2) is 24.4 Å². The predicted octanol–water partition coefficient (Wildman–Crippen LogP) is 1.15. The van der Waals surface area contributed by atoms with Crippen molar-refractivity contribution >= 4 is 11.8 Å². The first-order valence-corrected chi connectivity index (χ1v) is 9.77. The van der Waals surface area contributed by atoms with Crippen LogP contribution in [0.3, 0.4) is 0 Å². The molecule has 0 radical (unpaired) electrons. The van der Waals surface area contributed by atoms with E-state index in [4.69, 9.17) is 14.2 Å². The number of carbonyl (C=O) groups excluding carboxylic acids is 2. The van der Waals surface area contributed by atoms with Crippen LogP contribution in [-0.2, 0) is 4.74 Å². The van der Waals surface area contributed by atoms with Gasteiger partial charge in [-0.1, -0.05) is 5.21 Å². The summed E-state index contributed by atoms with van der Waals surface area (Å²) in [5.41, 5.74) is 0.693. The topological polar surface area (TPSA) is 108 Å². The Morgan fingerprint density at radius 2 is 2.07 bits per heavy atom. The van der Waals surface area contributed by atoms with Crippen LogP contribution in [0.4, 0.5) is 0 Å². The van der Waals surface area contributed by atoms with Crippen molar-refractivity contribution in [2.24, 2.45) is 0 Å². The molecule has 1 aromatic carbocycles. The molecular formula is C20H27N5O5. The smallest absolute Gasteiger partial charge is 0.273 e. The number of nitrogens with one attached hydrogen (secondary N) is 1. The molecule has 2 heterocycles. The van der Waals surface area contributed by atoms with E-state index in [0.29, 0.717) is 43.3 Å². The molecule has 30 heavy (non-hydrogen) atoms. The normalized spacial score (nSPS) is 16.2.